The Hall–Kier alpha value is -1.11. The van der Waals surface area contributed by atoms with Crippen LogP contribution in [0.3, 0.4) is 0 Å². The van der Waals surface area contributed by atoms with E-state index in [2.05, 4.69) is 23.3 Å². The fourth-order valence-corrected chi connectivity index (χ4v) is 3.97. The summed E-state index contributed by atoms with van der Waals surface area (Å²) in [6, 6.07) is 0. The molecule has 4 atom stereocenters. The number of nitrogens with one attached hydrogen (secondary N) is 2. The van der Waals surface area contributed by atoms with Crippen molar-refractivity contribution in [3.63, 3.8) is 0 Å². The van der Waals surface area contributed by atoms with Crippen molar-refractivity contribution in [3.8, 4) is 0 Å². The van der Waals surface area contributed by atoms with Gasteiger partial charge in [0.2, 0.25) is 0 Å². The Morgan fingerprint density at radius 1 is 1.04 bits per heavy atom. The van der Waals surface area contributed by atoms with E-state index in [-0.39, 0.29) is 6.09 Å². The van der Waals surface area contributed by atoms with Crippen LogP contribution in [0.5, 0.6) is 0 Å². The number of amides is 1. The third-order valence-corrected chi connectivity index (χ3v) is 5.62. The van der Waals surface area contributed by atoms with Crippen molar-refractivity contribution in [1.29, 1.82) is 0 Å². The molecule has 2 rings (SSSR count). The van der Waals surface area contributed by atoms with E-state index >= 15 is 0 Å². The van der Waals surface area contributed by atoms with Crippen molar-refractivity contribution in [1.82, 2.24) is 10.6 Å². The lowest BCUT2D eigenvalue weighted by atomic mass is 9.91. The smallest absolute Gasteiger partial charge is 0.407 e. The molecule has 0 saturated heterocycles. The molecule has 150 valence electrons. The largest absolute Gasteiger partial charge is 0.449 e. The minimum atomic E-state index is -0.331. The van der Waals surface area contributed by atoms with Gasteiger partial charge in [-0.15, -0.1) is 6.58 Å². The Morgan fingerprint density at radius 3 is 2.50 bits per heavy atom. The highest BCUT2D eigenvalue weighted by atomic mass is 16.6. The monoisotopic (exact) mass is 368 g/mol. The number of allylic oxidation sites excluding steroid dienone is 1. The Morgan fingerprint density at radius 2 is 1.77 bits per heavy atom. The Balaban J connectivity index is 1.45. The molecule has 0 heterocycles. The zero-order chi connectivity index (χ0) is 18.6. The van der Waals surface area contributed by atoms with Gasteiger partial charge in [-0.1, -0.05) is 12.5 Å². The van der Waals surface area contributed by atoms with Gasteiger partial charge in [0.05, 0.1) is 33.0 Å². The summed E-state index contributed by atoms with van der Waals surface area (Å²) in [6.45, 7) is 8.07. The average Bonchev–Trinajstić information content (AvgIpc) is 3.28. The molecule has 2 fully saturated rings. The summed E-state index contributed by atoms with van der Waals surface area (Å²) in [4.78, 5) is 11.8. The third-order valence-electron chi connectivity index (χ3n) is 5.62. The molecule has 0 aliphatic heterocycles. The summed E-state index contributed by atoms with van der Waals surface area (Å²) in [5.74, 6) is 2.75. The van der Waals surface area contributed by atoms with Crippen molar-refractivity contribution < 1.29 is 19.0 Å². The number of likely N-dealkylation sites (N-methyl/N-ethyl adjacent to an activating group) is 1. The molecule has 26 heavy (non-hydrogen) atoms. The number of carbonyl (C=O) groups is 1. The van der Waals surface area contributed by atoms with Gasteiger partial charge in [-0.3, -0.25) is 0 Å². The van der Waals surface area contributed by atoms with E-state index in [1.165, 1.54) is 32.1 Å². The van der Waals surface area contributed by atoms with E-state index in [0.29, 0.717) is 51.4 Å². The van der Waals surface area contributed by atoms with E-state index in [4.69, 9.17) is 14.2 Å². The minimum Gasteiger partial charge on any atom is -0.449 e. The number of rotatable bonds is 12. The molecular weight excluding hydrogens is 332 g/mol. The molecule has 0 bridgehead atoms. The van der Waals surface area contributed by atoms with Gasteiger partial charge in [-0.25, -0.2) is 4.79 Å². The highest BCUT2D eigenvalue weighted by molar-refractivity contribution is 5.67. The second kappa shape index (κ2) is 12.3. The Labute approximate surface area is 158 Å². The highest BCUT2D eigenvalue weighted by Crippen LogP contribution is 2.54. The van der Waals surface area contributed by atoms with Crippen LogP contribution in [-0.4, -0.2) is 59.3 Å². The van der Waals surface area contributed by atoms with Crippen LogP contribution in [-0.2, 0) is 14.2 Å². The molecule has 1 unspecified atom stereocenters. The van der Waals surface area contributed by atoms with Gasteiger partial charge in [0.15, 0.2) is 0 Å². The van der Waals surface area contributed by atoms with Crippen molar-refractivity contribution >= 4 is 6.09 Å². The normalized spacial score (nSPS) is 27.7. The zero-order valence-corrected chi connectivity index (χ0v) is 16.2. The first-order chi connectivity index (χ1) is 12.8. The number of fused-ring (bicyclic) bond motifs is 1. The van der Waals surface area contributed by atoms with Gasteiger partial charge < -0.3 is 24.8 Å². The maximum Gasteiger partial charge on any atom is 0.407 e. The van der Waals surface area contributed by atoms with Crippen molar-refractivity contribution in [2.24, 2.45) is 23.7 Å². The van der Waals surface area contributed by atoms with Crippen LogP contribution in [0.1, 0.15) is 32.1 Å². The van der Waals surface area contributed by atoms with Gasteiger partial charge in [0.1, 0.15) is 0 Å². The summed E-state index contributed by atoms with van der Waals surface area (Å²) in [6.07, 6.45) is 8.08. The van der Waals surface area contributed by atoms with Gasteiger partial charge >= 0.3 is 6.09 Å². The fraction of sp³-hybridized carbons (Fsp3) is 0.850. The second-order valence-corrected chi connectivity index (χ2v) is 7.35. The Bertz CT molecular complexity index is 419. The molecule has 0 aromatic rings. The number of hydrogen-bond donors (Lipinski definition) is 2. The predicted octanol–water partition coefficient (Wildman–Crippen LogP) is 2.59. The standard InChI is InChI=1S/C20H36N2O4/c1-3-16-5-4-6-17-18(8-7-16)19(17)15-26-20(23)22-10-12-25-14-13-24-11-9-21-2/h3,16-19,21H,1,4-15H2,2H3,(H,22,23)/t16?,17-,18+,19-/m1/s1. The molecule has 0 aromatic carbocycles. The summed E-state index contributed by atoms with van der Waals surface area (Å²) < 4.78 is 16.2. The van der Waals surface area contributed by atoms with Crippen LogP contribution in [0.15, 0.2) is 12.7 Å². The zero-order valence-electron chi connectivity index (χ0n) is 16.2. The summed E-state index contributed by atoms with van der Waals surface area (Å²) in [5, 5.41) is 5.76. The van der Waals surface area contributed by atoms with Crippen molar-refractivity contribution in [2.45, 2.75) is 32.1 Å². The van der Waals surface area contributed by atoms with Crippen molar-refractivity contribution in [3.05, 3.63) is 12.7 Å². The predicted molar refractivity (Wildman–Crippen MR) is 102 cm³/mol. The first kappa shape index (κ1) is 21.2. The summed E-state index contributed by atoms with van der Waals surface area (Å²) in [5.41, 5.74) is 0. The lowest BCUT2D eigenvalue weighted by molar-refractivity contribution is 0.0496. The van der Waals surface area contributed by atoms with Crippen LogP contribution >= 0.6 is 0 Å². The average molecular weight is 369 g/mol. The van der Waals surface area contributed by atoms with Crippen LogP contribution in [0.2, 0.25) is 0 Å². The molecule has 0 spiro atoms. The van der Waals surface area contributed by atoms with Gasteiger partial charge in [0.25, 0.3) is 0 Å². The topological polar surface area (TPSA) is 68.8 Å². The maximum atomic E-state index is 11.8. The van der Waals surface area contributed by atoms with Crippen LogP contribution < -0.4 is 10.6 Å². The molecule has 6 nitrogen and oxygen atoms in total. The second-order valence-electron chi connectivity index (χ2n) is 7.35. The number of ether oxygens (including phenoxy) is 3. The van der Waals surface area contributed by atoms with Gasteiger partial charge in [-0.2, -0.15) is 0 Å². The molecule has 1 amide bonds. The SMILES string of the molecule is C=CC1CCC[C@@H]2[C@H](CC1)[C@@H]2COC(=O)NCCOCCOCCNC. The number of alkyl carbamates (subject to hydrolysis) is 1. The van der Waals surface area contributed by atoms with E-state index in [1.807, 2.05) is 7.05 Å². The Kier molecular flexibility index (Phi) is 10.0. The van der Waals surface area contributed by atoms with Crippen LogP contribution in [0.25, 0.3) is 0 Å². The van der Waals surface area contributed by atoms with Crippen molar-refractivity contribution in [2.75, 3.05) is 53.2 Å². The molecular formula is C20H36N2O4. The molecule has 0 radical (unpaired) electrons. The number of hydrogen-bond acceptors (Lipinski definition) is 5. The first-order valence-electron chi connectivity index (χ1n) is 10.1. The summed E-state index contributed by atoms with van der Waals surface area (Å²) >= 11 is 0. The summed E-state index contributed by atoms with van der Waals surface area (Å²) in [7, 11) is 1.89. The maximum absolute atomic E-state index is 11.8. The first-order valence-corrected chi connectivity index (χ1v) is 10.1. The van der Waals surface area contributed by atoms with Gasteiger partial charge in [-0.05, 0) is 56.4 Å². The van der Waals surface area contributed by atoms with E-state index < -0.39 is 0 Å². The molecule has 2 N–H and O–H groups in total. The number of carbonyl (C=O) groups excluding carboxylic acids is 1. The fourth-order valence-electron chi connectivity index (χ4n) is 3.97. The minimum absolute atomic E-state index is 0.331. The molecule has 2 aliphatic rings. The third kappa shape index (κ3) is 7.64. The van der Waals surface area contributed by atoms with Crippen LogP contribution in [0, 0.1) is 23.7 Å². The van der Waals surface area contributed by atoms with E-state index in [1.54, 1.807) is 0 Å². The van der Waals surface area contributed by atoms with E-state index in [0.717, 1.165) is 18.4 Å². The molecule has 6 heteroatoms. The van der Waals surface area contributed by atoms with Crippen LogP contribution in [0.4, 0.5) is 4.79 Å². The lowest BCUT2D eigenvalue weighted by Crippen LogP contribution is -2.29. The quantitative estimate of drug-likeness (QED) is 0.409. The van der Waals surface area contributed by atoms with E-state index in [9.17, 15) is 4.79 Å². The molecule has 2 saturated carbocycles. The molecule has 0 aromatic heterocycles. The highest BCUT2D eigenvalue weighted by Gasteiger charge is 2.49. The lowest BCUT2D eigenvalue weighted by Gasteiger charge is -2.14. The van der Waals surface area contributed by atoms with Gasteiger partial charge in [0, 0.05) is 13.1 Å². The molecule has 2 aliphatic carbocycles.